The number of rotatable bonds is 4. The lowest BCUT2D eigenvalue weighted by molar-refractivity contribution is 0.0355. The average Bonchev–Trinajstić information content (AvgIpc) is 2.64. The molecule has 0 spiro atoms. The highest BCUT2D eigenvalue weighted by Crippen LogP contribution is 2.25. The molecule has 2 rings (SSSR count). The molecule has 0 fully saturated rings. The van der Waals surface area contributed by atoms with Gasteiger partial charge in [-0.25, -0.2) is 9.40 Å². The summed E-state index contributed by atoms with van der Waals surface area (Å²) in [4.78, 5) is 26.0. The molecule has 0 aliphatic rings. The fraction of sp³-hybridized carbons (Fsp3) is 0.333. The van der Waals surface area contributed by atoms with Gasteiger partial charge in [-0.05, 0) is 52.0 Å². The number of hydrazine groups is 1. The minimum Gasteiger partial charge on any atom is -0.496 e. The van der Waals surface area contributed by atoms with Crippen molar-refractivity contribution >= 4 is 11.8 Å². The molecule has 28 heavy (non-hydrogen) atoms. The number of halogens is 1. The Morgan fingerprint density at radius 1 is 1.00 bits per heavy atom. The maximum atomic E-state index is 13.5. The van der Waals surface area contributed by atoms with Gasteiger partial charge in [0, 0.05) is 17.2 Å². The third-order valence-electron chi connectivity index (χ3n) is 4.23. The summed E-state index contributed by atoms with van der Waals surface area (Å²) in [5, 5.41) is 1.21. The molecule has 0 bridgehead atoms. The Kier molecular flexibility index (Phi) is 6.28. The Labute approximate surface area is 164 Å². The van der Waals surface area contributed by atoms with Crippen LogP contribution in [-0.2, 0) is 0 Å². The SMILES string of the molecule is COc1cc(F)ccc1C(=O)N(NC(=O)c1cccc(OC)c1C)C(C)(C)C. The van der Waals surface area contributed by atoms with Crippen LogP contribution in [0.5, 0.6) is 11.5 Å². The van der Waals surface area contributed by atoms with Gasteiger partial charge >= 0.3 is 0 Å². The molecule has 1 N–H and O–H groups in total. The molecule has 0 heterocycles. The van der Waals surface area contributed by atoms with Crippen LogP contribution in [0, 0.1) is 12.7 Å². The average molecular weight is 388 g/mol. The highest BCUT2D eigenvalue weighted by molar-refractivity contribution is 6.01. The van der Waals surface area contributed by atoms with Gasteiger partial charge in [0.1, 0.15) is 17.3 Å². The normalized spacial score (nSPS) is 11.0. The largest absolute Gasteiger partial charge is 0.496 e. The van der Waals surface area contributed by atoms with Crippen LogP contribution in [0.4, 0.5) is 4.39 Å². The van der Waals surface area contributed by atoms with Gasteiger partial charge in [0.25, 0.3) is 11.8 Å². The van der Waals surface area contributed by atoms with Crippen LogP contribution in [0.3, 0.4) is 0 Å². The molecule has 0 atom stereocenters. The molecule has 2 amide bonds. The fourth-order valence-corrected chi connectivity index (χ4v) is 2.73. The summed E-state index contributed by atoms with van der Waals surface area (Å²) in [5.74, 6) is -0.835. The van der Waals surface area contributed by atoms with Crippen LogP contribution < -0.4 is 14.9 Å². The minimum atomic E-state index is -0.751. The van der Waals surface area contributed by atoms with Gasteiger partial charge in [-0.15, -0.1) is 0 Å². The summed E-state index contributed by atoms with van der Waals surface area (Å²) < 4.78 is 23.9. The summed E-state index contributed by atoms with van der Waals surface area (Å²) in [7, 11) is 2.88. The molecular formula is C21H25FN2O4. The van der Waals surface area contributed by atoms with Gasteiger partial charge in [-0.2, -0.15) is 0 Å². The number of hydrogen-bond acceptors (Lipinski definition) is 4. The third kappa shape index (κ3) is 4.42. The number of nitrogens with one attached hydrogen (secondary N) is 1. The Morgan fingerprint density at radius 3 is 2.21 bits per heavy atom. The summed E-state index contributed by atoms with van der Waals surface area (Å²) in [6.07, 6.45) is 0. The van der Waals surface area contributed by atoms with Crippen molar-refractivity contribution in [3.05, 3.63) is 58.9 Å². The van der Waals surface area contributed by atoms with E-state index < -0.39 is 23.2 Å². The van der Waals surface area contributed by atoms with E-state index in [4.69, 9.17) is 9.47 Å². The lowest BCUT2D eigenvalue weighted by Crippen LogP contribution is -2.56. The van der Waals surface area contributed by atoms with E-state index in [2.05, 4.69) is 5.43 Å². The van der Waals surface area contributed by atoms with Gasteiger partial charge in [0.15, 0.2) is 0 Å². The van der Waals surface area contributed by atoms with Crippen LogP contribution in [-0.4, -0.2) is 36.6 Å². The monoisotopic (exact) mass is 388 g/mol. The first-order valence-corrected chi connectivity index (χ1v) is 8.72. The first-order chi connectivity index (χ1) is 13.1. The van der Waals surface area contributed by atoms with E-state index in [9.17, 15) is 14.0 Å². The molecule has 0 aromatic heterocycles. The third-order valence-corrected chi connectivity index (χ3v) is 4.23. The number of methoxy groups -OCH3 is 2. The van der Waals surface area contributed by atoms with Crippen LogP contribution >= 0.6 is 0 Å². The maximum Gasteiger partial charge on any atom is 0.276 e. The Balaban J connectivity index is 2.41. The molecule has 2 aromatic rings. The standard InChI is InChI=1S/C21H25FN2O4/c1-13-15(8-7-9-17(13)27-5)19(25)23-24(21(2,3)4)20(26)16-11-10-14(22)12-18(16)28-6/h7-12H,1-6H3,(H,23,25). The topological polar surface area (TPSA) is 67.9 Å². The zero-order valence-corrected chi connectivity index (χ0v) is 16.9. The van der Waals surface area contributed by atoms with Crippen LogP contribution in [0.25, 0.3) is 0 Å². The molecule has 2 aromatic carbocycles. The summed E-state index contributed by atoms with van der Waals surface area (Å²) in [5.41, 5.74) is 3.10. The number of benzene rings is 2. The van der Waals surface area contributed by atoms with Crippen molar-refractivity contribution in [1.82, 2.24) is 10.4 Å². The summed E-state index contributed by atoms with van der Waals surface area (Å²) >= 11 is 0. The molecule has 0 aliphatic heterocycles. The number of nitrogens with zero attached hydrogens (tertiary/aromatic N) is 1. The first kappa shape index (κ1) is 21.2. The van der Waals surface area contributed by atoms with E-state index >= 15 is 0 Å². The molecule has 0 saturated heterocycles. The number of carbonyl (C=O) groups excluding carboxylic acids is 2. The van der Waals surface area contributed by atoms with Crippen molar-refractivity contribution in [1.29, 1.82) is 0 Å². The molecule has 0 unspecified atom stereocenters. The second-order valence-corrected chi connectivity index (χ2v) is 7.23. The van der Waals surface area contributed by atoms with Crippen molar-refractivity contribution in [3.8, 4) is 11.5 Å². The summed E-state index contributed by atoms with van der Waals surface area (Å²) in [6.45, 7) is 7.10. The Morgan fingerprint density at radius 2 is 1.64 bits per heavy atom. The molecule has 6 nitrogen and oxygen atoms in total. The van der Waals surface area contributed by atoms with Crippen molar-refractivity contribution in [3.63, 3.8) is 0 Å². The van der Waals surface area contributed by atoms with E-state index in [0.29, 0.717) is 16.9 Å². The van der Waals surface area contributed by atoms with Gasteiger partial charge in [-0.1, -0.05) is 6.07 Å². The van der Waals surface area contributed by atoms with Crippen molar-refractivity contribution in [2.45, 2.75) is 33.2 Å². The van der Waals surface area contributed by atoms with Crippen LogP contribution in [0.1, 0.15) is 47.1 Å². The van der Waals surface area contributed by atoms with E-state index in [1.54, 1.807) is 45.9 Å². The smallest absolute Gasteiger partial charge is 0.276 e. The molecule has 0 saturated carbocycles. The van der Waals surface area contributed by atoms with Gasteiger partial charge in [0.2, 0.25) is 0 Å². The molecule has 0 radical (unpaired) electrons. The number of hydrogen-bond donors (Lipinski definition) is 1. The van der Waals surface area contributed by atoms with Crippen molar-refractivity contribution in [2.24, 2.45) is 0 Å². The second-order valence-electron chi connectivity index (χ2n) is 7.23. The maximum absolute atomic E-state index is 13.5. The highest BCUT2D eigenvalue weighted by Gasteiger charge is 2.31. The number of amides is 2. The minimum absolute atomic E-state index is 0.0889. The zero-order valence-electron chi connectivity index (χ0n) is 16.9. The lowest BCUT2D eigenvalue weighted by atomic mass is 10.0. The van der Waals surface area contributed by atoms with Crippen molar-refractivity contribution in [2.75, 3.05) is 14.2 Å². The predicted octanol–water partition coefficient (Wildman–Crippen LogP) is 3.74. The molecule has 150 valence electrons. The number of carbonyl (C=O) groups is 2. The predicted molar refractivity (Wildman–Crippen MR) is 104 cm³/mol. The van der Waals surface area contributed by atoms with Gasteiger partial charge in [0.05, 0.1) is 25.3 Å². The fourth-order valence-electron chi connectivity index (χ4n) is 2.73. The van der Waals surface area contributed by atoms with Crippen LogP contribution in [0.2, 0.25) is 0 Å². The van der Waals surface area contributed by atoms with Gasteiger partial charge in [-0.3, -0.25) is 15.0 Å². The quantitative estimate of drug-likeness (QED) is 0.811. The first-order valence-electron chi connectivity index (χ1n) is 8.72. The number of ether oxygens (including phenoxy) is 2. The molecular weight excluding hydrogens is 363 g/mol. The summed E-state index contributed by atoms with van der Waals surface area (Å²) in [6, 6.07) is 8.73. The Bertz CT molecular complexity index is 890. The zero-order chi connectivity index (χ0) is 21.1. The van der Waals surface area contributed by atoms with Crippen molar-refractivity contribution < 1.29 is 23.5 Å². The van der Waals surface area contributed by atoms with E-state index in [1.165, 1.54) is 31.4 Å². The van der Waals surface area contributed by atoms with Gasteiger partial charge < -0.3 is 9.47 Å². The molecule has 0 aliphatic carbocycles. The van der Waals surface area contributed by atoms with E-state index in [0.717, 1.165) is 6.07 Å². The molecule has 7 heteroatoms. The Hall–Kier alpha value is -3.09. The van der Waals surface area contributed by atoms with E-state index in [1.807, 2.05) is 0 Å². The highest BCUT2D eigenvalue weighted by atomic mass is 19.1. The second kappa shape index (κ2) is 8.29. The van der Waals surface area contributed by atoms with Crippen LogP contribution in [0.15, 0.2) is 36.4 Å². The van der Waals surface area contributed by atoms with E-state index in [-0.39, 0.29) is 11.3 Å². The lowest BCUT2D eigenvalue weighted by Gasteiger charge is -2.36.